The standard InChI is InChI=1S/C15H13N2/c1-11(15-9-16-10-17-15)13-7-6-12-4-2-3-5-14(12)8-13/h2-10H,1H3,(H,16,17). The highest BCUT2D eigenvalue weighted by Gasteiger charge is 2.11. The Kier molecular flexibility index (Phi) is 2.41. The summed E-state index contributed by atoms with van der Waals surface area (Å²) in [5, 5.41) is 2.53. The third-order valence-corrected chi connectivity index (χ3v) is 3.06. The molecule has 2 nitrogen and oxygen atoms in total. The van der Waals surface area contributed by atoms with E-state index in [0.29, 0.717) is 0 Å². The van der Waals surface area contributed by atoms with Crippen molar-refractivity contribution in [2.24, 2.45) is 0 Å². The number of nitrogens with one attached hydrogen (secondary N) is 1. The molecular weight excluding hydrogens is 208 g/mol. The van der Waals surface area contributed by atoms with Crippen LogP contribution in [0.15, 0.2) is 55.0 Å². The van der Waals surface area contributed by atoms with Crippen LogP contribution < -0.4 is 0 Å². The highest BCUT2D eigenvalue weighted by molar-refractivity contribution is 5.83. The monoisotopic (exact) mass is 221 g/mol. The van der Waals surface area contributed by atoms with Crippen molar-refractivity contribution in [2.75, 3.05) is 0 Å². The fraction of sp³-hybridized carbons (Fsp3) is 0.0667. The summed E-state index contributed by atoms with van der Waals surface area (Å²) in [7, 11) is 0. The molecule has 3 rings (SSSR count). The Labute approximate surface area is 100 Å². The Morgan fingerprint density at radius 3 is 2.65 bits per heavy atom. The van der Waals surface area contributed by atoms with E-state index in [9.17, 15) is 0 Å². The van der Waals surface area contributed by atoms with Crippen LogP contribution >= 0.6 is 0 Å². The summed E-state index contributed by atoms with van der Waals surface area (Å²) >= 11 is 0. The maximum atomic E-state index is 4.28. The fourth-order valence-electron chi connectivity index (χ4n) is 2.04. The molecule has 3 aromatic rings. The first-order valence-corrected chi connectivity index (χ1v) is 5.66. The largest absolute Gasteiger partial charge is 0.351 e. The first-order chi connectivity index (χ1) is 8.34. The van der Waals surface area contributed by atoms with Gasteiger partial charge in [0, 0.05) is 6.20 Å². The van der Waals surface area contributed by atoms with E-state index in [2.05, 4.69) is 59.4 Å². The van der Waals surface area contributed by atoms with Crippen molar-refractivity contribution in [3.63, 3.8) is 0 Å². The maximum Gasteiger partial charge on any atom is 0.0923 e. The van der Waals surface area contributed by atoms with Crippen LogP contribution in [-0.4, -0.2) is 9.97 Å². The van der Waals surface area contributed by atoms with Gasteiger partial charge in [-0.2, -0.15) is 0 Å². The van der Waals surface area contributed by atoms with Gasteiger partial charge in [0.2, 0.25) is 0 Å². The lowest BCUT2D eigenvalue weighted by Crippen LogP contribution is -1.97. The van der Waals surface area contributed by atoms with Gasteiger partial charge in [-0.05, 0) is 23.3 Å². The third kappa shape index (κ3) is 1.82. The molecule has 0 atom stereocenters. The van der Waals surface area contributed by atoms with Gasteiger partial charge in [-0.25, -0.2) is 4.98 Å². The van der Waals surface area contributed by atoms with Gasteiger partial charge in [-0.1, -0.05) is 42.5 Å². The molecule has 0 unspecified atom stereocenters. The Bertz CT molecular complexity index is 626. The van der Waals surface area contributed by atoms with Crippen molar-refractivity contribution in [3.05, 3.63) is 72.2 Å². The molecule has 1 N–H and O–H groups in total. The number of benzene rings is 2. The Hall–Kier alpha value is -2.09. The van der Waals surface area contributed by atoms with Gasteiger partial charge in [-0.3, -0.25) is 0 Å². The zero-order valence-electron chi connectivity index (χ0n) is 9.64. The molecule has 0 fully saturated rings. The van der Waals surface area contributed by atoms with Crippen LogP contribution in [0.2, 0.25) is 0 Å². The molecule has 0 spiro atoms. The molecule has 0 saturated carbocycles. The van der Waals surface area contributed by atoms with Crippen LogP contribution in [0.4, 0.5) is 0 Å². The first-order valence-electron chi connectivity index (χ1n) is 5.66. The summed E-state index contributed by atoms with van der Waals surface area (Å²) in [4.78, 5) is 7.27. The van der Waals surface area contributed by atoms with Gasteiger partial charge in [-0.15, -0.1) is 0 Å². The molecule has 0 aliphatic rings. The van der Waals surface area contributed by atoms with Gasteiger partial charge in [0.05, 0.1) is 17.9 Å². The van der Waals surface area contributed by atoms with Crippen molar-refractivity contribution in [1.29, 1.82) is 0 Å². The molecule has 17 heavy (non-hydrogen) atoms. The molecule has 83 valence electrons. The second-order valence-electron chi connectivity index (χ2n) is 4.14. The molecule has 1 radical (unpaired) electrons. The lowest BCUT2D eigenvalue weighted by Gasteiger charge is -2.09. The highest BCUT2D eigenvalue weighted by atomic mass is 14.9. The maximum absolute atomic E-state index is 4.28. The van der Waals surface area contributed by atoms with Crippen molar-refractivity contribution in [3.8, 4) is 0 Å². The smallest absolute Gasteiger partial charge is 0.0923 e. The molecule has 2 heteroatoms. The molecule has 0 aliphatic heterocycles. The van der Waals surface area contributed by atoms with E-state index in [1.165, 1.54) is 22.3 Å². The van der Waals surface area contributed by atoms with Gasteiger partial charge in [0.15, 0.2) is 0 Å². The number of hydrogen-bond donors (Lipinski definition) is 1. The van der Waals surface area contributed by atoms with E-state index < -0.39 is 0 Å². The fourth-order valence-corrected chi connectivity index (χ4v) is 2.04. The van der Waals surface area contributed by atoms with Gasteiger partial charge >= 0.3 is 0 Å². The van der Waals surface area contributed by atoms with E-state index in [4.69, 9.17) is 0 Å². The second-order valence-corrected chi connectivity index (χ2v) is 4.14. The van der Waals surface area contributed by atoms with E-state index >= 15 is 0 Å². The number of aromatic nitrogens is 2. The number of fused-ring (bicyclic) bond motifs is 1. The summed E-state index contributed by atoms with van der Waals surface area (Å²) in [5.41, 5.74) is 2.22. The highest BCUT2D eigenvalue weighted by Crippen LogP contribution is 2.24. The second kappa shape index (κ2) is 4.06. The Balaban J connectivity index is 2.06. The van der Waals surface area contributed by atoms with Crippen LogP contribution in [0.1, 0.15) is 18.2 Å². The van der Waals surface area contributed by atoms with Crippen molar-refractivity contribution in [2.45, 2.75) is 6.92 Å². The Morgan fingerprint density at radius 2 is 1.88 bits per heavy atom. The van der Waals surface area contributed by atoms with Crippen LogP contribution in [0, 0.1) is 5.92 Å². The minimum absolute atomic E-state index is 1.00. The van der Waals surface area contributed by atoms with Crippen LogP contribution in [0.5, 0.6) is 0 Å². The van der Waals surface area contributed by atoms with Gasteiger partial charge in [0.1, 0.15) is 0 Å². The zero-order valence-corrected chi connectivity index (χ0v) is 9.64. The summed E-state index contributed by atoms with van der Waals surface area (Å²) < 4.78 is 0. The molecule has 0 amide bonds. The number of hydrogen-bond acceptors (Lipinski definition) is 1. The van der Waals surface area contributed by atoms with Crippen LogP contribution in [0.25, 0.3) is 10.8 Å². The lowest BCUT2D eigenvalue weighted by atomic mass is 9.96. The number of aromatic amines is 1. The average Bonchev–Trinajstić information content (AvgIpc) is 2.91. The lowest BCUT2D eigenvalue weighted by molar-refractivity contribution is 1.12. The first kappa shape index (κ1) is 10.1. The molecule has 0 bridgehead atoms. The van der Waals surface area contributed by atoms with Crippen LogP contribution in [0.3, 0.4) is 0 Å². The predicted molar refractivity (Wildman–Crippen MR) is 69.7 cm³/mol. The average molecular weight is 221 g/mol. The SMILES string of the molecule is C[C](c1ccc2ccccc2c1)c1c[nH]cn1. The van der Waals surface area contributed by atoms with Gasteiger partial charge in [0.25, 0.3) is 0 Å². The van der Waals surface area contributed by atoms with Crippen molar-refractivity contribution < 1.29 is 0 Å². The molecular formula is C15H13N2. The third-order valence-electron chi connectivity index (χ3n) is 3.06. The molecule has 0 aliphatic carbocycles. The van der Waals surface area contributed by atoms with Crippen molar-refractivity contribution in [1.82, 2.24) is 9.97 Å². The summed E-state index contributed by atoms with van der Waals surface area (Å²) in [6, 6.07) is 14.9. The number of rotatable bonds is 2. The zero-order chi connectivity index (χ0) is 11.7. The van der Waals surface area contributed by atoms with E-state index in [0.717, 1.165) is 5.69 Å². The van der Waals surface area contributed by atoms with Crippen molar-refractivity contribution >= 4 is 10.8 Å². The molecule has 2 aromatic carbocycles. The minimum Gasteiger partial charge on any atom is -0.351 e. The molecule has 1 aromatic heterocycles. The minimum atomic E-state index is 1.00. The summed E-state index contributed by atoms with van der Waals surface area (Å²) in [5.74, 6) is 1.19. The van der Waals surface area contributed by atoms with Gasteiger partial charge < -0.3 is 4.98 Å². The molecule has 0 saturated heterocycles. The summed E-state index contributed by atoms with van der Waals surface area (Å²) in [6.07, 6.45) is 3.63. The molecule has 1 heterocycles. The van der Waals surface area contributed by atoms with Crippen LogP contribution in [-0.2, 0) is 0 Å². The number of H-pyrrole nitrogens is 1. The number of nitrogens with zero attached hydrogens (tertiary/aromatic N) is 1. The predicted octanol–water partition coefficient (Wildman–Crippen LogP) is 3.55. The quantitative estimate of drug-likeness (QED) is 0.704. The Morgan fingerprint density at radius 1 is 1.06 bits per heavy atom. The van der Waals surface area contributed by atoms with E-state index in [1.54, 1.807) is 6.33 Å². The topological polar surface area (TPSA) is 28.7 Å². The number of imidazole rings is 1. The van der Waals surface area contributed by atoms with E-state index in [1.807, 2.05) is 6.20 Å². The normalized spacial score (nSPS) is 11.2. The summed E-state index contributed by atoms with van der Waals surface area (Å²) in [6.45, 7) is 2.10. The van der Waals surface area contributed by atoms with E-state index in [-0.39, 0.29) is 0 Å².